The summed E-state index contributed by atoms with van der Waals surface area (Å²) >= 11 is 3.50. The molecule has 0 saturated carbocycles. The smallest absolute Gasteiger partial charge is 0.142 e. The lowest BCUT2D eigenvalue weighted by Crippen LogP contribution is -2.26. The van der Waals surface area contributed by atoms with Crippen LogP contribution >= 0.6 is 15.9 Å². The Morgan fingerprint density at radius 3 is 2.38 bits per heavy atom. The van der Waals surface area contributed by atoms with Gasteiger partial charge in [0.1, 0.15) is 11.6 Å². The highest BCUT2D eigenvalue weighted by molar-refractivity contribution is 9.10. The highest BCUT2D eigenvalue weighted by Crippen LogP contribution is 2.29. The molecule has 0 unspecified atom stereocenters. The van der Waals surface area contributed by atoms with E-state index in [1.54, 1.807) is 0 Å². The summed E-state index contributed by atoms with van der Waals surface area (Å²) in [4.78, 5) is 11.4. The molecule has 0 radical (unpaired) electrons. The van der Waals surface area contributed by atoms with Crippen molar-refractivity contribution in [3.05, 3.63) is 40.6 Å². The summed E-state index contributed by atoms with van der Waals surface area (Å²) in [5.41, 5.74) is 7.92. The Morgan fingerprint density at radius 1 is 1.10 bits per heavy atom. The van der Waals surface area contributed by atoms with E-state index in [0.29, 0.717) is 5.82 Å². The first-order chi connectivity index (χ1) is 10.2. The number of hydrogen-bond donors (Lipinski definition) is 1. The lowest BCUT2D eigenvalue weighted by atomic mass is 10.1. The number of rotatable bonds is 6. The second-order valence-electron chi connectivity index (χ2n) is 4.83. The van der Waals surface area contributed by atoms with E-state index in [1.807, 2.05) is 30.3 Å². The van der Waals surface area contributed by atoms with E-state index in [0.717, 1.165) is 47.6 Å². The van der Waals surface area contributed by atoms with Crippen molar-refractivity contribution in [2.24, 2.45) is 0 Å². The number of nitrogens with two attached hydrogens (primary N) is 1. The van der Waals surface area contributed by atoms with Crippen LogP contribution in [-0.2, 0) is 6.42 Å². The van der Waals surface area contributed by atoms with E-state index in [4.69, 9.17) is 5.73 Å². The van der Waals surface area contributed by atoms with Crippen molar-refractivity contribution in [1.29, 1.82) is 0 Å². The van der Waals surface area contributed by atoms with Crippen LogP contribution in [0, 0.1) is 0 Å². The van der Waals surface area contributed by atoms with Crippen molar-refractivity contribution in [3.8, 4) is 11.3 Å². The van der Waals surface area contributed by atoms with Crippen LogP contribution in [0.1, 0.15) is 19.7 Å². The first-order valence-electron chi connectivity index (χ1n) is 7.25. The minimum absolute atomic E-state index is 0.499. The molecule has 0 aliphatic carbocycles. The van der Waals surface area contributed by atoms with Crippen LogP contribution in [0.15, 0.2) is 34.8 Å². The fourth-order valence-corrected chi connectivity index (χ4v) is 2.62. The summed E-state index contributed by atoms with van der Waals surface area (Å²) in [6.07, 6.45) is 0.805. The molecule has 0 atom stereocenters. The molecule has 0 amide bonds. The molecule has 2 aromatic rings. The molecule has 1 aromatic heterocycles. The molecule has 0 fully saturated rings. The molecule has 1 heterocycles. The van der Waals surface area contributed by atoms with Gasteiger partial charge >= 0.3 is 0 Å². The Morgan fingerprint density at radius 2 is 1.76 bits per heavy atom. The quantitative estimate of drug-likeness (QED) is 0.869. The average Bonchev–Trinajstić information content (AvgIpc) is 2.52. The largest absolute Gasteiger partial charge is 0.383 e. The summed E-state index contributed by atoms with van der Waals surface area (Å²) in [6, 6.07) is 10.0. The Balaban J connectivity index is 2.27. The van der Waals surface area contributed by atoms with Crippen molar-refractivity contribution in [2.45, 2.75) is 20.3 Å². The summed E-state index contributed by atoms with van der Waals surface area (Å²) in [7, 11) is 0. The summed E-state index contributed by atoms with van der Waals surface area (Å²) < 4.78 is 0.764. The van der Waals surface area contributed by atoms with E-state index >= 15 is 0 Å². The molecule has 2 rings (SSSR count). The summed E-state index contributed by atoms with van der Waals surface area (Å²) in [5.74, 6) is 1.29. The van der Waals surface area contributed by atoms with E-state index in [1.165, 1.54) is 0 Å². The minimum Gasteiger partial charge on any atom is -0.383 e. The SMILES string of the molecule is CCN(CC)CCc1nc(N)c(Br)c(-c2ccccc2)n1. The summed E-state index contributed by atoms with van der Waals surface area (Å²) in [6.45, 7) is 7.34. The van der Waals surface area contributed by atoms with Crippen LogP contribution in [0.2, 0.25) is 0 Å². The first-order valence-corrected chi connectivity index (χ1v) is 8.04. The lowest BCUT2D eigenvalue weighted by molar-refractivity contribution is 0.306. The van der Waals surface area contributed by atoms with Gasteiger partial charge in [-0.1, -0.05) is 44.2 Å². The molecule has 0 aliphatic heterocycles. The van der Waals surface area contributed by atoms with E-state index in [-0.39, 0.29) is 0 Å². The fourth-order valence-electron chi connectivity index (χ4n) is 2.21. The zero-order chi connectivity index (χ0) is 15.2. The minimum atomic E-state index is 0.499. The number of benzene rings is 1. The van der Waals surface area contributed by atoms with Crippen LogP contribution in [0.5, 0.6) is 0 Å². The van der Waals surface area contributed by atoms with Crippen LogP contribution < -0.4 is 5.73 Å². The topological polar surface area (TPSA) is 55.0 Å². The van der Waals surface area contributed by atoms with Gasteiger partial charge in [-0.2, -0.15) is 0 Å². The van der Waals surface area contributed by atoms with Gasteiger partial charge in [-0.15, -0.1) is 0 Å². The molecule has 0 aliphatic rings. The highest BCUT2D eigenvalue weighted by atomic mass is 79.9. The number of halogens is 1. The maximum atomic E-state index is 6.02. The Labute approximate surface area is 134 Å². The highest BCUT2D eigenvalue weighted by Gasteiger charge is 2.12. The van der Waals surface area contributed by atoms with Gasteiger partial charge in [-0.25, -0.2) is 9.97 Å². The maximum absolute atomic E-state index is 6.02. The van der Waals surface area contributed by atoms with Gasteiger partial charge in [0.05, 0.1) is 10.2 Å². The number of nitrogen functional groups attached to an aromatic ring is 1. The maximum Gasteiger partial charge on any atom is 0.142 e. The number of anilines is 1. The molecule has 0 saturated heterocycles. The van der Waals surface area contributed by atoms with Crippen LogP contribution in [0.25, 0.3) is 11.3 Å². The third kappa shape index (κ3) is 4.02. The second kappa shape index (κ2) is 7.52. The van der Waals surface area contributed by atoms with Crippen molar-refractivity contribution in [2.75, 3.05) is 25.4 Å². The third-order valence-electron chi connectivity index (χ3n) is 3.52. The van der Waals surface area contributed by atoms with Crippen molar-refractivity contribution in [3.63, 3.8) is 0 Å². The standard InChI is InChI=1S/C16H21BrN4/c1-3-21(4-2)11-10-13-19-15(14(17)16(18)20-13)12-8-6-5-7-9-12/h5-9H,3-4,10-11H2,1-2H3,(H2,18,19,20). The Bertz CT molecular complexity index is 582. The van der Waals surface area contributed by atoms with Crippen LogP contribution in [-0.4, -0.2) is 34.5 Å². The van der Waals surface area contributed by atoms with Gasteiger partial charge in [0.15, 0.2) is 0 Å². The molecule has 5 heteroatoms. The fraction of sp³-hybridized carbons (Fsp3) is 0.375. The number of aromatic nitrogens is 2. The van der Waals surface area contributed by atoms with Gasteiger partial charge in [-0.3, -0.25) is 0 Å². The molecule has 21 heavy (non-hydrogen) atoms. The van der Waals surface area contributed by atoms with Gasteiger partial charge in [0, 0.05) is 18.5 Å². The van der Waals surface area contributed by atoms with Gasteiger partial charge in [-0.05, 0) is 29.0 Å². The molecule has 112 valence electrons. The van der Waals surface area contributed by atoms with Crippen molar-refractivity contribution >= 4 is 21.7 Å². The summed E-state index contributed by atoms with van der Waals surface area (Å²) in [5, 5.41) is 0. The predicted molar refractivity (Wildman–Crippen MR) is 91.1 cm³/mol. The van der Waals surface area contributed by atoms with E-state index in [9.17, 15) is 0 Å². The molecule has 1 aromatic carbocycles. The zero-order valence-corrected chi connectivity index (χ0v) is 14.1. The van der Waals surface area contributed by atoms with E-state index < -0.39 is 0 Å². The van der Waals surface area contributed by atoms with Crippen LogP contribution in [0.4, 0.5) is 5.82 Å². The van der Waals surface area contributed by atoms with Crippen molar-refractivity contribution < 1.29 is 0 Å². The number of likely N-dealkylation sites (N-methyl/N-ethyl adjacent to an activating group) is 1. The molecule has 0 spiro atoms. The monoisotopic (exact) mass is 348 g/mol. The van der Waals surface area contributed by atoms with Gasteiger partial charge in [0.2, 0.25) is 0 Å². The number of nitrogens with zero attached hydrogens (tertiary/aromatic N) is 3. The van der Waals surface area contributed by atoms with Crippen LogP contribution in [0.3, 0.4) is 0 Å². The third-order valence-corrected chi connectivity index (χ3v) is 4.30. The zero-order valence-electron chi connectivity index (χ0n) is 12.5. The van der Waals surface area contributed by atoms with E-state index in [2.05, 4.69) is 44.6 Å². The molecule has 4 nitrogen and oxygen atoms in total. The van der Waals surface area contributed by atoms with Gasteiger partial charge < -0.3 is 10.6 Å². The molecule has 0 bridgehead atoms. The average molecular weight is 349 g/mol. The lowest BCUT2D eigenvalue weighted by Gasteiger charge is -2.17. The number of hydrogen-bond acceptors (Lipinski definition) is 4. The predicted octanol–water partition coefficient (Wildman–Crippen LogP) is 3.37. The molecule has 2 N–H and O–H groups in total. The normalized spacial score (nSPS) is 11.0. The Kier molecular flexibility index (Phi) is 5.70. The molecular weight excluding hydrogens is 328 g/mol. The molecular formula is C16H21BrN4. The van der Waals surface area contributed by atoms with Gasteiger partial charge in [0.25, 0.3) is 0 Å². The second-order valence-corrected chi connectivity index (χ2v) is 5.62. The Hall–Kier alpha value is -1.46. The van der Waals surface area contributed by atoms with Crippen molar-refractivity contribution in [1.82, 2.24) is 14.9 Å². The first kappa shape index (κ1) is 15.9.